The summed E-state index contributed by atoms with van der Waals surface area (Å²) in [5.41, 5.74) is 2.22. The van der Waals surface area contributed by atoms with Gasteiger partial charge >= 0.3 is 0 Å². The molecular weight excluding hydrogens is 519 g/mol. The van der Waals surface area contributed by atoms with Gasteiger partial charge < -0.3 is 20.1 Å². The average molecular weight is 552 g/mol. The number of nitrogens with zero attached hydrogens (tertiary/aromatic N) is 2. The number of hydrogen-bond donors (Lipinski definition) is 2. The maximum atomic E-state index is 11.7. The quantitative estimate of drug-likeness (QED) is 0.304. The van der Waals surface area contributed by atoms with E-state index < -0.39 is 10.0 Å². The van der Waals surface area contributed by atoms with Gasteiger partial charge in [0, 0.05) is 45.2 Å². The van der Waals surface area contributed by atoms with E-state index >= 15 is 0 Å². The monoisotopic (exact) mass is 552 g/mol. The van der Waals surface area contributed by atoms with Crippen LogP contribution in [0.4, 0.5) is 0 Å². The summed E-state index contributed by atoms with van der Waals surface area (Å²) >= 11 is 0. The Hall–Kier alpha value is -1.11. The van der Waals surface area contributed by atoms with Crippen LogP contribution in [-0.4, -0.2) is 70.9 Å². The number of nitrogens with one attached hydrogen (secondary N) is 2. The number of aliphatic imine (C=N–C) groups is 1. The molecule has 2 N–H and O–H groups in total. The zero-order valence-corrected chi connectivity index (χ0v) is 21.0. The van der Waals surface area contributed by atoms with Crippen LogP contribution in [-0.2, 0) is 21.3 Å². The van der Waals surface area contributed by atoms with E-state index in [0.717, 1.165) is 36.3 Å². The number of benzene rings is 1. The first kappa shape index (κ1) is 25.2. The fourth-order valence-corrected chi connectivity index (χ4v) is 4.53. The van der Waals surface area contributed by atoms with E-state index in [9.17, 15) is 8.42 Å². The maximum Gasteiger partial charge on any atom is 0.211 e. The Morgan fingerprint density at radius 1 is 1.33 bits per heavy atom. The van der Waals surface area contributed by atoms with Crippen LogP contribution in [0.2, 0.25) is 0 Å². The summed E-state index contributed by atoms with van der Waals surface area (Å²) in [5.74, 6) is 1.85. The van der Waals surface area contributed by atoms with Gasteiger partial charge in [0.25, 0.3) is 0 Å². The molecule has 0 amide bonds. The summed E-state index contributed by atoms with van der Waals surface area (Å²) < 4.78 is 36.4. The standard InChI is InChI=1S/C20H32N4O4S.HI/c1-15-4-5-17(19(10-15)28-18-7-9-27-14-18)12-23-20(21-2)22-11-16-6-8-24(13-16)29(3,25)26;/h4-5,10,16,18H,6-9,11-14H2,1-3H3,(H2,21,22,23);1H. The van der Waals surface area contributed by atoms with Crippen LogP contribution in [0.15, 0.2) is 23.2 Å². The van der Waals surface area contributed by atoms with Crippen LogP contribution in [0.5, 0.6) is 5.75 Å². The van der Waals surface area contributed by atoms with Gasteiger partial charge in [-0.1, -0.05) is 12.1 Å². The Bertz CT molecular complexity index is 828. The van der Waals surface area contributed by atoms with Gasteiger partial charge in [-0.15, -0.1) is 24.0 Å². The smallest absolute Gasteiger partial charge is 0.211 e. The number of sulfonamides is 1. The van der Waals surface area contributed by atoms with Gasteiger partial charge in [0.15, 0.2) is 5.96 Å². The van der Waals surface area contributed by atoms with E-state index in [2.05, 4.69) is 40.7 Å². The molecular formula is C20H33IN4O4S. The van der Waals surface area contributed by atoms with Gasteiger partial charge in [0.2, 0.25) is 10.0 Å². The van der Waals surface area contributed by atoms with E-state index in [1.807, 2.05) is 0 Å². The summed E-state index contributed by atoms with van der Waals surface area (Å²) in [5, 5.41) is 6.65. The van der Waals surface area contributed by atoms with Crippen molar-refractivity contribution >= 4 is 40.0 Å². The topological polar surface area (TPSA) is 92.3 Å². The molecule has 2 saturated heterocycles. The molecule has 3 rings (SSSR count). The lowest BCUT2D eigenvalue weighted by molar-refractivity contribution is 0.140. The molecule has 2 fully saturated rings. The lowest BCUT2D eigenvalue weighted by Crippen LogP contribution is -2.40. The number of hydrogen-bond acceptors (Lipinski definition) is 5. The molecule has 30 heavy (non-hydrogen) atoms. The van der Waals surface area contributed by atoms with Crippen LogP contribution in [0.3, 0.4) is 0 Å². The minimum atomic E-state index is -3.11. The normalized spacial score (nSPS) is 22.6. The average Bonchev–Trinajstić information content (AvgIpc) is 3.35. The van der Waals surface area contributed by atoms with Crippen molar-refractivity contribution in [3.05, 3.63) is 29.3 Å². The van der Waals surface area contributed by atoms with E-state index in [1.165, 1.54) is 10.6 Å². The lowest BCUT2D eigenvalue weighted by Gasteiger charge is -2.19. The molecule has 2 aliphatic rings. The Labute approximate surface area is 196 Å². The zero-order chi connectivity index (χ0) is 20.9. The summed E-state index contributed by atoms with van der Waals surface area (Å²) in [4.78, 5) is 4.28. The molecule has 170 valence electrons. The molecule has 1 aromatic rings. The minimum absolute atomic E-state index is 0. The lowest BCUT2D eigenvalue weighted by atomic mass is 10.1. The predicted octanol–water partition coefficient (Wildman–Crippen LogP) is 1.73. The molecule has 0 spiro atoms. The zero-order valence-electron chi connectivity index (χ0n) is 17.9. The molecule has 10 heteroatoms. The van der Waals surface area contributed by atoms with Crippen molar-refractivity contribution < 1.29 is 17.9 Å². The molecule has 2 atom stereocenters. The number of aryl methyl sites for hydroxylation is 1. The molecule has 2 unspecified atom stereocenters. The summed E-state index contributed by atoms with van der Waals surface area (Å²) in [6, 6.07) is 6.20. The van der Waals surface area contributed by atoms with Gasteiger partial charge in [-0.25, -0.2) is 12.7 Å². The van der Waals surface area contributed by atoms with Gasteiger partial charge in [0.1, 0.15) is 11.9 Å². The van der Waals surface area contributed by atoms with E-state index in [4.69, 9.17) is 9.47 Å². The molecule has 1 aromatic carbocycles. The third kappa shape index (κ3) is 7.24. The maximum absolute atomic E-state index is 11.7. The fourth-order valence-electron chi connectivity index (χ4n) is 3.61. The Morgan fingerprint density at radius 3 is 2.77 bits per heavy atom. The Kier molecular flexibility index (Phi) is 9.64. The van der Waals surface area contributed by atoms with Crippen molar-refractivity contribution in [1.82, 2.24) is 14.9 Å². The first-order valence-electron chi connectivity index (χ1n) is 10.1. The summed E-state index contributed by atoms with van der Waals surface area (Å²) in [7, 11) is -1.38. The highest BCUT2D eigenvalue weighted by Crippen LogP contribution is 2.24. The molecule has 2 aliphatic heterocycles. The molecule has 0 radical (unpaired) electrons. The third-order valence-corrected chi connectivity index (χ3v) is 6.62. The highest BCUT2D eigenvalue weighted by atomic mass is 127. The molecule has 8 nitrogen and oxygen atoms in total. The van der Waals surface area contributed by atoms with E-state index in [-0.39, 0.29) is 36.0 Å². The van der Waals surface area contributed by atoms with Crippen LogP contribution >= 0.6 is 24.0 Å². The number of halogens is 1. The summed E-state index contributed by atoms with van der Waals surface area (Å²) in [6.07, 6.45) is 3.14. The third-order valence-electron chi connectivity index (χ3n) is 5.35. The predicted molar refractivity (Wildman–Crippen MR) is 129 cm³/mol. The SMILES string of the molecule is CN=C(NCc1ccc(C)cc1OC1CCOC1)NCC1CCN(S(C)(=O)=O)C1.I. The first-order chi connectivity index (χ1) is 13.8. The number of guanidine groups is 1. The number of rotatable bonds is 7. The number of ether oxygens (including phenoxy) is 2. The second kappa shape index (κ2) is 11.5. The molecule has 0 saturated carbocycles. The van der Waals surface area contributed by atoms with Gasteiger partial charge in [0.05, 0.1) is 19.5 Å². The van der Waals surface area contributed by atoms with Crippen molar-refractivity contribution in [3.8, 4) is 5.75 Å². The van der Waals surface area contributed by atoms with Crippen molar-refractivity contribution in [2.24, 2.45) is 10.9 Å². The van der Waals surface area contributed by atoms with Crippen molar-refractivity contribution in [1.29, 1.82) is 0 Å². The Balaban J connectivity index is 0.00000320. The van der Waals surface area contributed by atoms with Gasteiger partial charge in [-0.3, -0.25) is 4.99 Å². The minimum Gasteiger partial charge on any atom is -0.488 e. The van der Waals surface area contributed by atoms with E-state index in [0.29, 0.717) is 38.7 Å². The van der Waals surface area contributed by atoms with Crippen molar-refractivity contribution in [3.63, 3.8) is 0 Å². The highest BCUT2D eigenvalue weighted by molar-refractivity contribution is 14.0. The summed E-state index contributed by atoms with van der Waals surface area (Å²) in [6.45, 7) is 5.85. The van der Waals surface area contributed by atoms with Crippen LogP contribution in [0.25, 0.3) is 0 Å². The molecule has 0 aromatic heterocycles. The van der Waals surface area contributed by atoms with Crippen LogP contribution in [0.1, 0.15) is 24.0 Å². The van der Waals surface area contributed by atoms with Gasteiger partial charge in [-0.05, 0) is 30.9 Å². The van der Waals surface area contributed by atoms with Crippen LogP contribution < -0.4 is 15.4 Å². The highest BCUT2D eigenvalue weighted by Gasteiger charge is 2.28. The van der Waals surface area contributed by atoms with E-state index in [1.54, 1.807) is 7.05 Å². The second-order valence-electron chi connectivity index (χ2n) is 7.80. The fraction of sp³-hybridized carbons (Fsp3) is 0.650. The van der Waals surface area contributed by atoms with Gasteiger partial charge in [-0.2, -0.15) is 0 Å². The Morgan fingerprint density at radius 2 is 2.13 bits per heavy atom. The second-order valence-corrected chi connectivity index (χ2v) is 9.78. The molecule has 0 bridgehead atoms. The van der Waals surface area contributed by atoms with Crippen LogP contribution in [0, 0.1) is 12.8 Å². The molecule has 0 aliphatic carbocycles. The van der Waals surface area contributed by atoms with Crippen molar-refractivity contribution in [2.75, 3.05) is 46.2 Å². The largest absolute Gasteiger partial charge is 0.488 e. The first-order valence-corrected chi connectivity index (χ1v) is 11.9. The molecule has 2 heterocycles. The van der Waals surface area contributed by atoms with Crippen molar-refractivity contribution in [2.45, 2.75) is 32.4 Å².